The molecule has 2 heterocycles. The number of nitrogens with zero attached hydrogens (tertiary/aromatic N) is 3. The van der Waals surface area contributed by atoms with Gasteiger partial charge in [0.05, 0.1) is 6.21 Å². The van der Waals surface area contributed by atoms with Gasteiger partial charge in [-0.2, -0.15) is 0 Å². The van der Waals surface area contributed by atoms with Crippen LogP contribution in [0.5, 0.6) is 0 Å². The molecule has 2 aromatic carbocycles. The number of rotatable bonds is 7. The zero-order valence-corrected chi connectivity index (χ0v) is 17.7. The predicted molar refractivity (Wildman–Crippen MR) is 118 cm³/mol. The number of halogens is 2. The fourth-order valence-electron chi connectivity index (χ4n) is 2.59. The van der Waals surface area contributed by atoms with E-state index in [-0.39, 0.29) is 6.61 Å². The molecule has 0 aliphatic heterocycles. The van der Waals surface area contributed by atoms with Gasteiger partial charge in [0.2, 0.25) is 0 Å². The van der Waals surface area contributed by atoms with Crippen molar-refractivity contribution >= 4 is 57.5 Å². The normalized spacial score (nSPS) is 11.5. The Morgan fingerprint density at radius 2 is 1.89 bits per heavy atom. The van der Waals surface area contributed by atoms with Crippen molar-refractivity contribution in [2.75, 3.05) is 0 Å². The molecule has 0 spiro atoms. The van der Waals surface area contributed by atoms with Crippen LogP contribution in [0.3, 0.4) is 0 Å². The van der Waals surface area contributed by atoms with Crippen LogP contribution < -0.4 is 0 Å². The molecule has 0 N–H and O–H groups in total. The van der Waals surface area contributed by atoms with Crippen LogP contribution in [0.2, 0.25) is 10.0 Å². The average Bonchev–Trinajstić information content (AvgIpc) is 3.28. The van der Waals surface area contributed by atoms with E-state index >= 15 is 0 Å². The quantitative estimate of drug-likeness (QED) is 0.183. The Bertz CT molecular complexity index is 1090. The molecule has 0 aliphatic carbocycles. The lowest BCUT2D eigenvalue weighted by Gasteiger charge is -2.05. The highest BCUT2D eigenvalue weighted by Gasteiger charge is 2.13. The van der Waals surface area contributed by atoms with E-state index in [1.54, 1.807) is 47.5 Å². The molecule has 4 nitrogen and oxygen atoms in total. The summed E-state index contributed by atoms with van der Waals surface area (Å²) in [4.78, 5) is 11.1. The molecule has 4 rings (SSSR count). The first kappa shape index (κ1) is 19.3. The van der Waals surface area contributed by atoms with Gasteiger partial charge in [-0.1, -0.05) is 76.5 Å². The summed E-state index contributed by atoms with van der Waals surface area (Å²) in [5, 5.41) is 8.16. The third kappa shape index (κ3) is 4.36. The van der Waals surface area contributed by atoms with E-state index in [2.05, 4.69) is 17.3 Å². The third-order valence-electron chi connectivity index (χ3n) is 4.00. The van der Waals surface area contributed by atoms with Crippen molar-refractivity contribution in [2.24, 2.45) is 5.16 Å². The van der Waals surface area contributed by atoms with Crippen LogP contribution >= 0.6 is 46.3 Å². The minimum absolute atomic E-state index is 0.201. The van der Waals surface area contributed by atoms with E-state index < -0.39 is 0 Å². The molecule has 0 saturated heterocycles. The van der Waals surface area contributed by atoms with Crippen molar-refractivity contribution < 1.29 is 4.84 Å². The zero-order valence-electron chi connectivity index (χ0n) is 14.6. The molecule has 142 valence electrons. The summed E-state index contributed by atoms with van der Waals surface area (Å²) >= 11 is 15.6. The van der Waals surface area contributed by atoms with Gasteiger partial charge in [-0.05, 0) is 17.7 Å². The van der Waals surface area contributed by atoms with Crippen LogP contribution in [-0.2, 0) is 17.2 Å². The van der Waals surface area contributed by atoms with Gasteiger partial charge in [-0.3, -0.25) is 4.40 Å². The van der Waals surface area contributed by atoms with Crippen LogP contribution in [0.25, 0.3) is 4.96 Å². The second-order valence-electron chi connectivity index (χ2n) is 5.84. The Hall–Kier alpha value is -1.99. The summed E-state index contributed by atoms with van der Waals surface area (Å²) < 4.78 is 2.01. The van der Waals surface area contributed by atoms with Crippen molar-refractivity contribution in [3.8, 4) is 0 Å². The van der Waals surface area contributed by atoms with E-state index in [4.69, 9.17) is 33.0 Å². The molecule has 0 saturated carbocycles. The molecule has 8 heteroatoms. The lowest BCUT2D eigenvalue weighted by Crippen LogP contribution is -1.94. The Kier molecular flexibility index (Phi) is 6.22. The van der Waals surface area contributed by atoms with Gasteiger partial charge in [0.1, 0.15) is 17.3 Å². The van der Waals surface area contributed by atoms with Gasteiger partial charge < -0.3 is 4.84 Å². The highest BCUT2D eigenvalue weighted by Crippen LogP contribution is 2.28. The summed E-state index contributed by atoms with van der Waals surface area (Å²) in [6, 6.07) is 15.7. The number of benzene rings is 2. The molecule has 2 aromatic heterocycles. The number of imidazole rings is 1. The smallest absolute Gasteiger partial charge is 0.195 e. The molecular weight excluding hydrogens is 433 g/mol. The topological polar surface area (TPSA) is 38.9 Å². The van der Waals surface area contributed by atoms with E-state index in [9.17, 15) is 0 Å². The van der Waals surface area contributed by atoms with Crippen molar-refractivity contribution in [3.63, 3.8) is 0 Å². The molecule has 0 fully saturated rings. The molecule has 0 atom stereocenters. The van der Waals surface area contributed by atoms with Gasteiger partial charge in [0, 0.05) is 32.9 Å². The molecule has 4 aromatic rings. The maximum atomic E-state index is 6.16. The predicted octanol–water partition coefficient (Wildman–Crippen LogP) is 6.55. The van der Waals surface area contributed by atoms with Crippen LogP contribution in [-0.4, -0.2) is 15.6 Å². The summed E-state index contributed by atoms with van der Waals surface area (Å²) in [6.07, 6.45) is 3.66. The van der Waals surface area contributed by atoms with Crippen LogP contribution in [0.4, 0.5) is 0 Å². The second-order valence-corrected chi connectivity index (χ2v) is 8.49. The van der Waals surface area contributed by atoms with E-state index in [0.29, 0.717) is 10.0 Å². The number of hydrogen-bond acceptors (Lipinski definition) is 5. The number of thioether (sulfide) groups is 1. The van der Waals surface area contributed by atoms with Crippen molar-refractivity contribution in [1.29, 1.82) is 0 Å². The van der Waals surface area contributed by atoms with E-state index in [1.807, 2.05) is 34.2 Å². The monoisotopic (exact) mass is 447 g/mol. The second kappa shape index (κ2) is 9.01. The summed E-state index contributed by atoms with van der Waals surface area (Å²) in [6.45, 7) is 0.201. The Labute approximate surface area is 180 Å². The van der Waals surface area contributed by atoms with Crippen molar-refractivity contribution in [2.45, 2.75) is 17.4 Å². The van der Waals surface area contributed by atoms with Gasteiger partial charge in [-0.15, -0.1) is 11.3 Å². The van der Waals surface area contributed by atoms with Gasteiger partial charge >= 0.3 is 0 Å². The number of thiazole rings is 1. The minimum atomic E-state index is 0.201. The van der Waals surface area contributed by atoms with Crippen molar-refractivity contribution in [1.82, 2.24) is 9.38 Å². The first-order chi connectivity index (χ1) is 13.7. The molecular formula is C20H15Cl2N3OS2. The largest absolute Gasteiger partial charge is 0.391 e. The number of fused-ring (bicyclic) bond motifs is 1. The molecule has 28 heavy (non-hydrogen) atoms. The lowest BCUT2D eigenvalue weighted by molar-refractivity contribution is 0.132. The highest BCUT2D eigenvalue weighted by atomic mass is 35.5. The fraction of sp³-hybridized carbons (Fsp3) is 0.100. The standard InChI is InChI=1S/C20H15Cl2N3OS2/c21-16-7-4-8-17(22)15(16)12-26-23-11-18-19(24-20-25(18)9-10-27-20)28-13-14-5-2-1-3-6-14/h1-11H,12-13H2/b23-11+. The summed E-state index contributed by atoms with van der Waals surface area (Å²) in [7, 11) is 0. The van der Waals surface area contributed by atoms with Gasteiger partial charge in [0.25, 0.3) is 0 Å². The Morgan fingerprint density at radius 3 is 2.68 bits per heavy atom. The van der Waals surface area contributed by atoms with Crippen LogP contribution in [0, 0.1) is 0 Å². The fourth-order valence-corrected chi connectivity index (χ4v) is 4.82. The van der Waals surface area contributed by atoms with E-state index in [0.717, 1.165) is 27.0 Å². The third-order valence-corrected chi connectivity index (χ3v) is 6.52. The SMILES string of the molecule is Clc1cccc(Cl)c1CO/N=C/c1c(SCc2ccccc2)nc2sccn12. The zero-order chi connectivity index (χ0) is 19.3. The first-order valence-electron chi connectivity index (χ1n) is 8.43. The maximum Gasteiger partial charge on any atom is 0.195 e. The maximum absolute atomic E-state index is 6.16. The first-order valence-corrected chi connectivity index (χ1v) is 11.0. The van der Waals surface area contributed by atoms with E-state index in [1.165, 1.54) is 5.56 Å². The van der Waals surface area contributed by atoms with Crippen LogP contribution in [0.1, 0.15) is 16.8 Å². The Balaban J connectivity index is 1.49. The molecule has 0 amide bonds. The number of oxime groups is 1. The molecule has 0 radical (unpaired) electrons. The summed E-state index contributed by atoms with van der Waals surface area (Å²) in [5.41, 5.74) is 2.86. The lowest BCUT2D eigenvalue weighted by atomic mass is 10.2. The number of hydrogen-bond donors (Lipinski definition) is 0. The molecule has 0 aliphatic rings. The van der Waals surface area contributed by atoms with Crippen LogP contribution in [0.15, 0.2) is 70.3 Å². The average molecular weight is 448 g/mol. The summed E-state index contributed by atoms with van der Waals surface area (Å²) in [5.74, 6) is 0.836. The minimum Gasteiger partial charge on any atom is -0.391 e. The highest BCUT2D eigenvalue weighted by molar-refractivity contribution is 7.98. The van der Waals surface area contributed by atoms with Crippen molar-refractivity contribution in [3.05, 3.63) is 87.0 Å². The van der Waals surface area contributed by atoms with Gasteiger partial charge in [-0.25, -0.2) is 4.98 Å². The molecule has 0 bridgehead atoms. The Morgan fingerprint density at radius 1 is 1.11 bits per heavy atom. The number of aromatic nitrogens is 2. The molecule has 0 unspecified atom stereocenters. The van der Waals surface area contributed by atoms with Gasteiger partial charge in [0.15, 0.2) is 4.96 Å².